The molecule has 20 heavy (non-hydrogen) atoms. The normalized spacial score (nSPS) is 10.7. The topological polar surface area (TPSA) is 0 Å². The molecule has 0 nitrogen and oxygen atoms in total. The van der Waals surface area contributed by atoms with Crippen molar-refractivity contribution in [3.63, 3.8) is 0 Å². The second-order valence-corrected chi connectivity index (χ2v) is 8.03. The Bertz CT molecular complexity index is 635. The fraction of sp³-hybridized carbons (Fsp3) is 0.0526. The molecule has 0 saturated heterocycles. The van der Waals surface area contributed by atoms with Crippen LogP contribution in [0.1, 0.15) is 5.56 Å². The first-order valence-corrected chi connectivity index (χ1v) is 8.74. The van der Waals surface area contributed by atoms with Crippen LogP contribution in [0.2, 0.25) is 0 Å². The van der Waals surface area contributed by atoms with E-state index in [0.717, 1.165) is 0 Å². The molecule has 0 aliphatic heterocycles. The molecule has 0 bridgehead atoms. The van der Waals surface area contributed by atoms with E-state index in [-0.39, 0.29) is 0 Å². The Hall–Kier alpha value is -2.12. The molecule has 3 rings (SSSR count). The number of hydrogen-bond donors (Lipinski definition) is 0. The molecular weight excluding hydrogens is 256 g/mol. The number of rotatable bonds is 3. The average Bonchev–Trinajstić information content (AvgIpc) is 2.50. The maximum Gasteiger partial charge on any atom is 0.132 e. The lowest BCUT2D eigenvalue weighted by molar-refractivity contribution is 1.49. The van der Waals surface area contributed by atoms with Crippen molar-refractivity contribution in [1.29, 1.82) is 0 Å². The summed E-state index contributed by atoms with van der Waals surface area (Å²) in [6.07, 6.45) is 0. The van der Waals surface area contributed by atoms with Crippen molar-refractivity contribution in [2.24, 2.45) is 0 Å². The minimum absolute atomic E-state index is 1.34. The third-order valence-corrected chi connectivity index (χ3v) is 6.77. The Morgan fingerprint density at radius 2 is 1.05 bits per heavy atom. The standard InChI is InChI=1S/C19H18Si/c1-16-9-8-14-19(15-16)20(17-10-4-2-5-11-17)18-12-6-3-7-13-18/h2-15,20H,1H3. The molecule has 0 radical (unpaired) electrons. The number of hydrogen-bond acceptors (Lipinski definition) is 0. The third kappa shape index (κ3) is 2.73. The smallest absolute Gasteiger partial charge is 0.0625 e. The van der Waals surface area contributed by atoms with Gasteiger partial charge >= 0.3 is 0 Å². The van der Waals surface area contributed by atoms with Gasteiger partial charge in [0, 0.05) is 0 Å². The van der Waals surface area contributed by atoms with Crippen molar-refractivity contribution in [2.45, 2.75) is 6.92 Å². The van der Waals surface area contributed by atoms with E-state index in [9.17, 15) is 0 Å². The van der Waals surface area contributed by atoms with Crippen LogP contribution in [0.3, 0.4) is 0 Å². The van der Waals surface area contributed by atoms with E-state index in [4.69, 9.17) is 0 Å². The molecule has 3 aromatic carbocycles. The first kappa shape index (κ1) is 12.9. The molecule has 0 aliphatic rings. The van der Waals surface area contributed by atoms with Crippen LogP contribution < -0.4 is 15.6 Å². The molecule has 0 saturated carbocycles. The lowest BCUT2D eigenvalue weighted by atomic mass is 10.2. The van der Waals surface area contributed by atoms with Gasteiger partial charge in [0.1, 0.15) is 8.80 Å². The zero-order valence-electron chi connectivity index (χ0n) is 11.7. The predicted octanol–water partition coefficient (Wildman–Crippen LogP) is 2.24. The summed E-state index contributed by atoms with van der Waals surface area (Å²) in [5.74, 6) is 0. The molecule has 1 heteroatoms. The highest BCUT2D eigenvalue weighted by molar-refractivity contribution is 6.95. The zero-order chi connectivity index (χ0) is 13.8. The lowest BCUT2D eigenvalue weighted by Crippen LogP contribution is -2.51. The molecule has 0 aromatic heterocycles. The van der Waals surface area contributed by atoms with Crippen LogP contribution in [0.15, 0.2) is 84.9 Å². The average molecular weight is 274 g/mol. The SMILES string of the molecule is Cc1cccc([SiH](c2ccccc2)c2ccccc2)c1. The van der Waals surface area contributed by atoms with E-state index in [1.165, 1.54) is 21.1 Å². The Morgan fingerprint density at radius 3 is 1.55 bits per heavy atom. The number of aryl methyl sites for hydroxylation is 1. The van der Waals surface area contributed by atoms with Crippen molar-refractivity contribution < 1.29 is 0 Å². The highest BCUT2D eigenvalue weighted by Crippen LogP contribution is 1.98. The van der Waals surface area contributed by atoms with Crippen molar-refractivity contribution in [3.05, 3.63) is 90.5 Å². The van der Waals surface area contributed by atoms with Crippen LogP contribution in [-0.2, 0) is 0 Å². The quantitative estimate of drug-likeness (QED) is 0.507. The predicted molar refractivity (Wildman–Crippen MR) is 90.1 cm³/mol. The van der Waals surface area contributed by atoms with Crippen molar-refractivity contribution >= 4 is 24.4 Å². The summed E-state index contributed by atoms with van der Waals surface area (Å²) < 4.78 is 0. The fourth-order valence-corrected chi connectivity index (χ4v) is 5.82. The van der Waals surface area contributed by atoms with Gasteiger partial charge in [-0.3, -0.25) is 0 Å². The molecule has 0 amide bonds. The van der Waals surface area contributed by atoms with Gasteiger partial charge in [0.25, 0.3) is 0 Å². The molecule has 3 aromatic rings. The van der Waals surface area contributed by atoms with E-state index in [0.29, 0.717) is 0 Å². The first-order chi connectivity index (χ1) is 9.84. The fourth-order valence-electron chi connectivity index (χ4n) is 2.72. The van der Waals surface area contributed by atoms with E-state index in [1.54, 1.807) is 0 Å². The van der Waals surface area contributed by atoms with Crippen LogP contribution in [0.5, 0.6) is 0 Å². The van der Waals surface area contributed by atoms with Crippen molar-refractivity contribution in [3.8, 4) is 0 Å². The van der Waals surface area contributed by atoms with Crippen LogP contribution in [-0.4, -0.2) is 8.80 Å². The highest BCUT2D eigenvalue weighted by atomic mass is 28.3. The summed E-state index contributed by atoms with van der Waals surface area (Å²) in [5.41, 5.74) is 1.34. The summed E-state index contributed by atoms with van der Waals surface area (Å²) in [5, 5.41) is 4.44. The van der Waals surface area contributed by atoms with Crippen molar-refractivity contribution in [2.75, 3.05) is 0 Å². The first-order valence-electron chi connectivity index (χ1n) is 7.01. The molecular formula is C19H18Si. The Labute approximate surface area is 122 Å². The van der Waals surface area contributed by atoms with Gasteiger partial charge < -0.3 is 0 Å². The second-order valence-electron chi connectivity index (χ2n) is 5.17. The van der Waals surface area contributed by atoms with E-state index in [2.05, 4.69) is 91.9 Å². The lowest BCUT2D eigenvalue weighted by Gasteiger charge is -2.17. The maximum absolute atomic E-state index is 2.34. The zero-order valence-corrected chi connectivity index (χ0v) is 12.8. The van der Waals surface area contributed by atoms with Gasteiger partial charge in [0.2, 0.25) is 0 Å². The molecule has 0 spiro atoms. The summed E-state index contributed by atoms with van der Waals surface area (Å²) in [6, 6.07) is 30.8. The van der Waals surface area contributed by atoms with E-state index < -0.39 is 8.80 Å². The Balaban J connectivity index is 2.14. The summed E-state index contributed by atoms with van der Waals surface area (Å²) in [6.45, 7) is 2.17. The Morgan fingerprint density at radius 1 is 0.550 bits per heavy atom. The van der Waals surface area contributed by atoms with Crippen LogP contribution >= 0.6 is 0 Å². The van der Waals surface area contributed by atoms with Gasteiger partial charge in [-0.25, -0.2) is 0 Å². The maximum atomic E-state index is 2.34. The summed E-state index contributed by atoms with van der Waals surface area (Å²) in [4.78, 5) is 0. The van der Waals surface area contributed by atoms with E-state index >= 15 is 0 Å². The third-order valence-electron chi connectivity index (χ3n) is 3.64. The van der Waals surface area contributed by atoms with Gasteiger partial charge in [-0.05, 0) is 6.92 Å². The van der Waals surface area contributed by atoms with Crippen LogP contribution in [0.4, 0.5) is 0 Å². The molecule has 0 heterocycles. The van der Waals surface area contributed by atoms with Gasteiger partial charge in [0.15, 0.2) is 0 Å². The number of benzene rings is 3. The molecule has 98 valence electrons. The summed E-state index contributed by atoms with van der Waals surface area (Å²) in [7, 11) is -1.34. The van der Waals surface area contributed by atoms with Gasteiger partial charge in [-0.1, -0.05) is 106 Å². The molecule has 0 fully saturated rings. The monoisotopic (exact) mass is 274 g/mol. The second kappa shape index (κ2) is 5.89. The van der Waals surface area contributed by atoms with Crippen LogP contribution in [0.25, 0.3) is 0 Å². The van der Waals surface area contributed by atoms with E-state index in [1.807, 2.05) is 0 Å². The Kier molecular flexibility index (Phi) is 3.80. The van der Waals surface area contributed by atoms with Gasteiger partial charge in [-0.15, -0.1) is 0 Å². The van der Waals surface area contributed by atoms with Crippen LogP contribution in [0, 0.1) is 6.92 Å². The molecule has 0 aliphatic carbocycles. The van der Waals surface area contributed by atoms with Gasteiger partial charge in [-0.2, -0.15) is 0 Å². The highest BCUT2D eigenvalue weighted by Gasteiger charge is 2.18. The van der Waals surface area contributed by atoms with Crippen molar-refractivity contribution in [1.82, 2.24) is 0 Å². The summed E-state index contributed by atoms with van der Waals surface area (Å²) >= 11 is 0. The molecule has 0 atom stereocenters. The minimum Gasteiger partial charge on any atom is -0.0625 e. The minimum atomic E-state index is -1.34. The molecule has 0 unspecified atom stereocenters. The largest absolute Gasteiger partial charge is 0.132 e. The molecule has 0 N–H and O–H groups in total. The van der Waals surface area contributed by atoms with Gasteiger partial charge in [0.05, 0.1) is 0 Å².